The van der Waals surface area contributed by atoms with Crippen molar-refractivity contribution in [3.05, 3.63) is 29.8 Å². The van der Waals surface area contributed by atoms with Crippen LogP contribution < -0.4 is 4.74 Å². The lowest BCUT2D eigenvalue weighted by molar-refractivity contribution is 0.308. The quantitative estimate of drug-likeness (QED) is 0.591. The predicted molar refractivity (Wildman–Crippen MR) is 75.0 cm³/mol. The van der Waals surface area contributed by atoms with Crippen LogP contribution in [0.1, 0.15) is 50.6 Å². The first kappa shape index (κ1) is 13.8. The van der Waals surface area contributed by atoms with Crippen LogP contribution in [0.4, 0.5) is 0 Å². The maximum Gasteiger partial charge on any atom is 0.235 e. The van der Waals surface area contributed by atoms with Crippen molar-refractivity contribution in [1.82, 2.24) is 0 Å². The molecule has 3 nitrogen and oxygen atoms in total. The molecule has 19 heavy (non-hydrogen) atoms. The molecule has 1 aliphatic carbocycles. The number of isocyanates is 1. The summed E-state index contributed by atoms with van der Waals surface area (Å²) in [6.45, 7) is 2.63. The van der Waals surface area contributed by atoms with Crippen LogP contribution in [0.3, 0.4) is 0 Å². The minimum Gasteiger partial charge on any atom is -0.494 e. The van der Waals surface area contributed by atoms with Gasteiger partial charge in [-0.05, 0) is 43.4 Å². The van der Waals surface area contributed by atoms with E-state index in [0.29, 0.717) is 12.5 Å². The van der Waals surface area contributed by atoms with Gasteiger partial charge in [0, 0.05) is 0 Å². The number of ether oxygens (including phenoxy) is 1. The minimum absolute atomic E-state index is 0.0338. The van der Waals surface area contributed by atoms with E-state index in [1.807, 2.05) is 31.2 Å². The van der Waals surface area contributed by atoms with Gasteiger partial charge in [0.25, 0.3) is 0 Å². The van der Waals surface area contributed by atoms with Crippen molar-refractivity contribution in [3.63, 3.8) is 0 Å². The Kier molecular flexibility index (Phi) is 5.17. The first-order valence-corrected chi connectivity index (χ1v) is 7.15. The summed E-state index contributed by atoms with van der Waals surface area (Å²) < 4.78 is 5.44. The van der Waals surface area contributed by atoms with Crippen LogP contribution in [0, 0.1) is 5.92 Å². The summed E-state index contributed by atoms with van der Waals surface area (Å²) in [6.07, 6.45) is 7.85. The highest BCUT2D eigenvalue weighted by Crippen LogP contribution is 2.37. The summed E-state index contributed by atoms with van der Waals surface area (Å²) in [7, 11) is 0. The van der Waals surface area contributed by atoms with E-state index in [1.54, 1.807) is 6.08 Å². The lowest BCUT2D eigenvalue weighted by atomic mass is 9.81. The Bertz CT molecular complexity index is 429. The molecule has 2 rings (SSSR count). The van der Waals surface area contributed by atoms with Crippen molar-refractivity contribution in [3.8, 4) is 5.75 Å². The molecule has 0 radical (unpaired) electrons. The molecule has 102 valence electrons. The van der Waals surface area contributed by atoms with E-state index in [1.165, 1.54) is 19.3 Å². The zero-order valence-corrected chi connectivity index (χ0v) is 11.5. The van der Waals surface area contributed by atoms with Gasteiger partial charge in [0.2, 0.25) is 6.08 Å². The lowest BCUT2D eigenvalue weighted by Crippen LogP contribution is -2.14. The third kappa shape index (κ3) is 3.68. The van der Waals surface area contributed by atoms with Gasteiger partial charge in [-0.3, -0.25) is 0 Å². The molecular formula is C16H21NO2. The van der Waals surface area contributed by atoms with Gasteiger partial charge >= 0.3 is 0 Å². The van der Waals surface area contributed by atoms with Gasteiger partial charge < -0.3 is 4.74 Å². The van der Waals surface area contributed by atoms with E-state index < -0.39 is 0 Å². The third-order valence-electron chi connectivity index (χ3n) is 3.82. The first-order valence-electron chi connectivity index (χ1n) is 7.15. The van der Waals surface area contributed by atoms with Gasteiger partial charge in [-0.1, -0.05) is 31.4 Å². The van der Waals surface area contributed by atoms with E-state index in [0.717, 1.165) is 24.2 Å². The average molecular weight is 259 g/mol. The van der Waals surface area contributed by atoms with E-state index in [4.69, 9.17) is 4.74 Å². The molecule has 1 aliphatic rings. The van der Waals surface area contributed by atoms with Crippen molar-refractivity contribution >= 4 is 6.08 Å². The maximum absolute atomic E-state index is 10.7. The molecule has 1 unspecified atom stereocenters. The molecule has 0 saturated heterocycles. The summed E-state index contributed by atoms with van der Waals surface area (Å²) in [5.41, 5.74) is 1.10. The summed E-state index contributed by atoms with van der Waals surface area (Å²) in [6, 6.07) is 7.91. The predicted octanol–water partition coefficient (Wildman–Crippen LogP) is 4.04. The number of hydrogen-bond acceptors (Lipinski definition) is 3. The zero-order chi connectivity index (χ0) is 13.5. The molecular weight excluding hydrogens is 238 g/mol. The second-order valence-electron chi connectivity index (χ2n) is 5.07. The molecule has 0 heterocycles. The van der Waals surface area contributed by atoms with Crippen LogP contribution >= 0.6 is 0 Å². The topological polar surface area (TPSA) is 38.7 Å². The number of carbonyl (C=O) groups excluding carboxylic acids is 1. The molecule has 3 heteroatoms. The summed E-state index contributed by atoms with van der Waals surface area (Å²) in [4.78, 5) is 14.7. The fourth-order valence-electron chi connectivity index (χ4n) is 2.89. The van der Waals surface area contributed by atoms with Crippen molar-refractivity contribution in [2.45, 2.75) is 45.1 Å². The van der Waals surface area contributed by atoms with E-state index in [-0.39, 0.29) is 6.04 Å². The Morgan fingerprint density at radius 3 is 2.53 bits per heavy atom. The van der Waals surface area contributed by atoms with Crippen LogP contribution in [0.5, 0.6) is 5.75 Å². The number of benzene rings is 1. The second kappa shape index (κ2) is 7.10. The SMILES string of the molecule is CCOc1ccc(C(N=C=O)C2CCCCC2)cc1. The summed E-state index contributed by atoms with van der Waals surface area (Å²) >= 11 is 0. The molecule has 0 N–H and O–H groups in total. The molecule has 0 spiro atoms. The smallest absolute Gasteiger partial charge is 0.235 e. The van der Waals surface area contributed by atoms with Gasteiger partial charge in [0.15, 0.2) is 0 Å². The van der Waals surface area contributed by atoms with E-state index in [2.05, 4.69) is 4.99 Å². The standard InChI is InChI=1S/C16H21NO2/c1-2-19-15-10-8-14(9-11-15)16(17-12-18)13-6-4-3-5-7-13/h8-11,13,16H,2-7H2,1H3. The Morgan fingerprint density at radius 2 is 1.95 bits per heavy atom. The van der Waals surface area contributed by atoms with Crippen LogP contribution in [0.15, 0.2) is 29.3 Å². The molecule has 0 aromatic heterocycles. The third-order valence-corrected chi connectivity index (χ3v) is 3.82. The highest BCUT2D eigenvalue weighted by molar-refractivity contribution is 5.37. The zero-order valence-electron chi connectivity index (χ0n) is 11.5. The van der Waals surface area contributed by atoms with E-state index in [9.17, 15) is 4.79 Å². The highest BCUT2D eigenvalue weighted by atomic mass is 16.5. The van der Waals surface area contributed by atoms with E-state index >= 15 is 0 Å². The normalized spacial score (nSPS) is 17.5. The van der Waals surface area contributed by atoms with Crippen molar-refractivity contribution in [2.24, 2.45) is 10.9 Å². The molecule has 1 aromatic rings. The van der Waals surface area contributed by atoms with Gasteiger partial charge in [-0.15, -0.1) is 0 Å². The second-order valence-corrected chi connectivity index (χ2v) is 5.07. The first-order chi connectivity index (χ1) is 9.35. The monoisotopic (exact) mass is 259 g/mol. The fraction of sp³-hybridized carbons (Fsp3) is 0.562. The highest BCUT2D eigenvalue weighted by Gasteiger charge is 2.24. The number of rotatable bonds is 5. The van der Waals surface area contributed by atoms with Gasteiger partial charge in [0.05, 0.1) is 12.6 Å². The van der Waals surface area contributed by atoms with Gasteiger partial charge in [-0.2, -0.15) is 4.99 Å². The largest absolute Gasteiger partial charge is 0.494 e. The van der Waals surface area contributed by atoms with Crippen LogP contribution in [-0.2, 0) is 4.79 Å². The molecule has 0 aliphatic heterocycles. The van der Waals surface area contributed by atoms with Crippen LogP contribution in [-0.4, -0.2) is 12.7 Å². The number of hydrogen-bond donors (Lipinski definition) is 0. The number of aliphatic imine (C=N–C) groups is 1. The van der Waals surface area contributed by atoms with Crippen LogP contribution in [0.25, 0.3) is 0 Å². The number of nitrogens with zero attached hydrogens (tertiary/aromatic N) is 1. The van der Waals surface area contributed by atoms with Gasteiger partial charge in [0.1, 0.15) is 5.75 Å². The van der Waals surface area contributed by atoms with Crippen molar-refractivity contribution in [2.75, 3.05) is 6.61 Å². The lowest BCUT2D eigenvalue weighted by Gasteiger charge is -2.27. The molecule has 1 atom stereocenters. The molecule has 0 amide bonds. The Balaban J connectivity index is 2.15. The fourth-order valence-corrected chi connectivity index (χ4v) is 2.89. The summed E-state index contributed by atoms with van der Waals surface area (Å²) in [5, 5.41) is 0. The molecule has 1 aromatic carbocycles. The average Bonchev–Trinajstić information content (AvgIpc) is 2.47. The Hall–Kier alpha value is -1.60. The molecule has 1 saturated carbocycles. The van der Waals surface area contributed by atoms with Crippen LogP contribution in [0.2, 0.25) is 0 Å². The Labute approximate surface area is 114 Å². The maximum atomic E-state index is 10.7. The van der Waals surface area contributed by atoms with Crippen molar-refractivity contribution < 1.29 is 9.53 Å². The van der Waals surface area contributed by atoms with Crippen molar-refractivity contribution in [1.29, 1.82) is 0 Å². The molecule has 1 fully saturated rings. The Morgan fingerprint density at radius 1 is 1.26 bits per heavy atom. The summed E-state index contributed by atoms with van der Waals surface area (Å²) in [5.74, 6) is 1.34. The minimum atomic E-state index is -0.0338. The van der Waals surface area contributed by atoms with Gasteiger partial charge in [-0.25, -0.2) is 4.79 Å². The molecule has 0 bridgehead atoms.